The number of hydrogen-bond acceptors (Lipinski definition) is 5. The number of nitrogens with zero attached hydrogens (tertiary/aromatic N) is 3. The van der Waals surface area contributed by atoms with Gasteiger partial charge < -0.3 is 0 Å². The van der Waals surface area contributed by atoms with Gasteiger partial charge in [-0.1, -0.05) is 23.8 Å². The van der Waals surface area contributed by atoms with E-state index >= 15 is 0 Å². The largest absolute Gasteiger partial charge is 0.296 e. The minimum absolute atomic E-state index is 0.0707. The third-order valence-corrected chi connectivity index (χ3v) is 6.38. The summed E-state index contributed by atoms with van der Waals surface area (Å²) in [6, 6.07) is 9.80. The van der Waals surface area contributed by atoms with Crippen molar-refractivity contribution in [2.24, 2.45) is 0 Å². The van der Waals surface area contributed by atoms with E-state index in [1.165, 1.54) is 9.78 Å². The zero-order valence-electron chi connectivity index (χ0n) is 15.9. The summed E-state index contributed by atoms with van der Waals surface area (Å²) in [5, 5.41) is 2.11. The van der Waals surface area contributed by atoms with Gasteiger partial charge in [0.25, 0.3) is 5.91 Å². The Bertz CT molecular complexity index is 841. The van der Waals surface area contributed by atoms with Crippen LogP contribution in [0.15, 0.2) is 35.7 Å². The molecule has 1 atom stereocenters. The van der Waals surface area contributed by atoms with Gasteiger partial charge in [0.1, 0.15) is 0 Å². The second-order valence-electron chi connectivity index (χ2n) is 7.47. The van der Waals surface area contributed by atoms with Crippen LogP contribution in [0.3, 0.4) is 0 Å². The van der Waals surface area contributed by atoms with E-state index in [0.717, 1.165) is 49.5 Å². The number of hydrogen-bond donors (Lipinski definition) is 0. The second kappa shape index (κ2) is 7.54. The standard InChI is InChI=1S/C21H25N3O2S/c1-15-5-6-18(16(2)12-15)24-20(25)13-19(21(24)26)23-9-7-22(8-10-23)14-17-4-3-11-27-17/h3-6,11-12,19H,7-10,13-14H2,1-2H3/t19-/m1/s1. The average Bonchev–Trinajstić information content (AvgIpc) is 3.25. The third-order valence-electron chi connectivity index (χ3n) is 5.52. The van der Waals surface area contributed by atoms with Gasteiger partial charge in [-0.2, -0.15) is 0 Å². The van der Waals surface area contributed by atoms with E-state index in [9.17, 15) is 9.59 Å². The van der Waals surface area contributed by atoms with Crippen molar-refractivity contribution in [2.45, 2.75) is 32.9 Å². The predicted octanol–water partition coefficient (Wildman–Crippen LogP) is 2.81. The van der Waals surface area contributed by atoms with E-state index in [0.29, 0.717) is 0 Å². The van der Waals surface area contributed by atoms with Crippen LogP contribution in [0.2, 0.25) is 0 Å². The van der Waals surface area contributed by atoms with E-state index < -0.39 is 0 Å². The van der Waals surface area contributed by atoms with Crippen molar-refractivity contribution in [2.75, 3.05) is 31.1 Å². The molecule has 0 unspecified atom stereocenters. The molecular formula is C21H25N3O2S. The highest BCUT2D eigenvalue weighted by atomic mass is 32.1. The molecule has 0 bridgehead atoms. The highest BCUT2D eigenvalue weighted by Crippen LogP contribution is 2.29. The lowest BCUT2D eigenvalue weighted by Gasteiger charge is -2.36. The molecule has 2 aromatic rings. The molecule has 0 N–H and O–H groups in total. The van der Waals surface area contributed by atoms with Crippen LogP contribution in [0.5, 0.6) is 0 Å². The van der Waals surface area contributed by atoms with Gasteiger partial charge in [0.05, 0.1) is 18.2 Å². The van der Waals surface area contributed by atoms with Crippen LogP contribution < -0.4 is 4.90 Å². The number of carbonyl (C=O) groups is 2. The predicted molar refractivity (Wildman–Crippen MR) is 108 cm³/mol. The molecule has 2 amide bonds. The van der Waals surface area contributed by atoms with Crippen LogP contribution in [0.4, 0.5) is 5.69 Å². The molecule has 4 rings (SSSR count). The molecular weight excluding hydrogens is 358 g/mol. The lowest BCUT2D eigenvalue weighted by Crippen LogP contribution is -2.52. The second-order valence-corrected chi connectivity index (χ2v) is 8.50. The quantitative estimate of drug-likeness (QED) is 0.762. The SMILES string of the molecule is Cc1ccc(N2C(=O)C[C@@H](N3CCN(Cc4cccs4)CC3)C2=O)c(C)c1. The summed E-state index contributed by atoms with van der Waals surface area (Å²) in [5.41, 5.74) is 2.83. The average molecular weight is 384 g/mol. The highest BCUT2D eigenvalue weighted by molar-refractivity contribution is 7.09. The molecule has 142 valence electrons. The lowest BCUT2D eigenvalue weighted by atomic mass is 10.1. The van der Waals surface area contributed by atoms with Crippen molar-refractivity contribution in [3.05, 3.63) is 51.7 Å². The summed E-state index contributed by atoms with van der Waals surface area (Å²) >= 11 is 1.78. The number of piperazine rings is 1. The van der Waals surface area contributed by atoms with Crippen molar-refractivity contribution in [3.8, 4) is 0 Å². The van der Waals surface area contributed by atoms with Gasteiger partial charge in [-0.25, -0.2) is 4.90 Å². The van der Waals surface area contributed by atoms with Gasteiger partial charge in [-0.3, -0.25) is 19.4 Å². The Hall–Kier alpha value is -2.02. The van der Waals surface area contributed by atoms with E-state index in [4.69, 9.17) is 0 Å². The Balaban J connectivity index is 1.42. The normalized spacial score (nSPS) is 22.0. The lowest BCUT2D eigenvalue weighted by molar-refractivity contribution is -0.123. The molecule has 0 radical (unpaired) electrons. The van der Waals surface area contributed by atoms with Crippen molar-refractivity contribution < 1.29 is 9.59 Å². The molecule has 2 aliphatic heterocycles. The molecule has 0 saturated carbocycles. The number of benzene rings is 1. The van der Waals surface area contributed by atoms with E-state index in [-0.39, 0.29) is 24.3 Å². The van der Waals surface area contributed by atoms with Gasteiger partial charge in [0.2, 0.25) is 5.91 Å². The van der Waals surface area contributed by atoms with E-state index in [2.05, 4.69) is 27.3 Å². The van der Waals surface area contributed by atoms with Crippen LogP contribution in [-0.2, 0) is 16.1 Å². The Morgan fingerprint density at radius 2 is 1.85 bits per heavy atom. The molecule has 1 aromatic heterocycles. The number of carbonyl (C=O) groups excluding carboxylic acids is 2. The summed E-state index contributed by atoms with van der Waals surface area (Å²) in [6.07, 6.45) is 0.289. The first-order chi connectivity index (χ1) is 13.0. The van der Waals surface area contributed by atoms with Gasteiger partial charge in [0, 0.05) is 37.6 Å². The number of amides is 2. The van der Waals surface area contributed by atoms with Crippen molar-refractivity contribution >= 4 is 28.8 Å². The molecule has 1 aromatic carbocycles. The molecule has 5 nitrogen and oxygen atoms in total. The Kier molecular flexibility index (Phi) is 5.12. The maximum Gasteiger partial charge on any atom is 0.251 e. The maximum absolute atomic E-state index is 13.0. The maximum atomic E-state index is 13.0. The number of aryl methyl sites for hydroxylation is 2. The fourth-order valence-electron chi connectivity index (χ4n) is 4.07. The molecule has 0 aliphatic carbocycles. The smallest absolute Gasteiger partial charge is 0.251 e. The first-order valence-corrected chi connectivity index (χ1v) is 10.3. The monoisotopic (exact) mass is 383 g/mol. The molecule has 2 aliphatic rings. The summed E-state index contributed by atoms with van der Waals surface area (Å²) < 4.78 is 0. The first-order valence-electron chi connectivity index (χ1n) is 9.46. The minimum atomic E-state index is -0.318. The van der Waals surface area contributed by atoms with E-state index in [1.807, 2.05) is 32.0 Å². The van der Waals surface area contributed by atoms with Crippen LogP contribution in [0.1, 0.15) is 22.4 Å². The fraction of sp³-hybridized carbons (Fsp3) is 0.429. The number of imide groups is 1. The summed E-state index contributed by atoms with van der Waals surface area (Å²) in [7, 11) is 0. The number of rotatable bonds is 4. The fourth-order valence-corrected chi connectivity index (χ4v) is 4.81. The van der Waals surface area contributed by atoms with Crippen LogP contribution in [-0.4, -0.2) is 53.8 Å². The van der Waals surface area contributed by atoms with Gasteiger partial charge in [-0.05, 0) is 36.9 Å². The molecule has 2 fully saturated rings. The van der Waals surface area contributed by atoms with Crippen molar-refractivity contribution in [1.29, 1.82) is 0 Å². The topological polar surface area (TPSA) is 43.9 Å². The zero-order valence-corrected chi connectivity index (χ0v) is 16.7. The number of thiophene rings is 1. The van der Waals surface area contributed by atoms with Crippen molar-refractivity contribution in [3.63, 3.8) is 0 Å². The van der Waals surface area contributed by atoms with Crippen LogP contribution >= 0.6 is 11.3 Å². The van der Waals surface area contributed by atoms with Crippen molar-refractivity contribution in [1.82, 2.24) is 9.80 Å². The highest BCUT2D eigenvalue weighted by Gasteiger charge is 2.43. The summed E-state index contributed by atoms with van der Waals surface area (Å²) in [4.78, 5) is 33.0. The molecule has 3 heterocycles. The molecule has 6 heteroatoms. The Morgan fingerprint density at radius 1 is 1.07 bits per heavy atom. The summed E-state index contributed by atoms with van der Waals surface area (Å²) in [5.74, 6) is -0.156. The Labute approximate surface area is 164 Å². The van der Waals surface area contributed by atoms with Gasteiger partial charge in [0.15, 0.2) is 0 Å². The minimum Gasteiger partial charge on any atom is -0.296 e. The molecule has 2 saturated heterocycles. The molecule has 0 spiro atoms. The van der Waals surface area contributed by atoms with Gasteiger partial charge >= 0.3 is 0 Å². The molecule has 27 heavy (non-hydrogen) atoms. The summed E-state index contributed by atoms with van der Waals surface area (Å²) in [6.45, 7) is 8.46. The van der Waals surface area contributed by atoms with E-state index in [1.54, 1.807) is 11.3 Å². The van der Waals surface area contributed by atoms with Crippen LogP contribution in [0, 0.1) is 13.8 Å². The van der Waals surface area contributed by atoms with Gasteiger partial charge in [-0.15, -0.1) is 11.3 Å². The van der Waals surface area contributed by atoms with Crippen LogP contribution in [0.25, 0.3) is 0 Å². The Morgan fingerprint density at radius 3 is 2.52 bits per heavy atom. The first kappa shape index (κ1) is 18.3. The zero-order chi connectivity index (χ0) is 19.0. The number of anilines is 1. The third kappa shape index (κ3) is 3.70.